The highest BCUT2D eigenvalue weighted by Gasteiger charge is 2.63. The highest BCUT2D eigenvalue weighted by molar-refractivity contribution is 5.13. The molecule has 0 radical (unpaired) electrons. The first-order valence-corrected chi connectivity index (χ1v) is 12.6. The molecule has 0 unspecified atom stereocenters. The molecule has 4 fully saturated rings. The van der Waals surface area contributed by atoms with Crippen LogP contribution in [0.3, 0.4) is 0 Å². The predicted octanol–water partition coefficient (Wildman–Crippen LogP) is 5.55. The van der Waals surface area contributed by atoms with Crippen LogP contribution in [0.2, 0.25) is 0 Å². The van der Waals surface area contributed by atoms with Crippen molar-refractivity contribution in [1.29, 1.82) is 0 Å². The van der Waals surface area contributed by atoms with Crippen LogP contribution in [0.5, 0.6) is 0 Å². The molecule has 3 heteroatoms. The molecule has 0 amide bonds. The van der Waals surface area contributed by atoms with Crippen molar-refractivity contribution in [1.82, 2.24) is 0 Å². The fourth-order valence-electron chi connectivity index (χ4n) is 8.72. The van der Waals surface area contributed by atoms with Gasteiger partial charge in [-0.1, -0.05) is 40.5 Å². The average molecular weight is 425 g/mol. The lowest BCUT2D eigenvalue weighted by Gasteiger charge is -2.62. The van der Waals surface area contributed by atoms with Gasteiger partial charge in [0.1, 0.15) is 0 Å². The van der Waals surface area contributed by atoms with Crippen molar-refractivity contribution >= 4 is 0 Å². The van der Waals surface area contributed by atoms with E-state index < -0.39 is 24.5 Å². The van der Waals surface area contributed by atoms with E-state index >= 15 is 0 Å². The Morgan fingerprint density at radius 2 is 1.63 bits per heavy atom. The van der Waals surface area contributed by atoms with Crippen LogP contribution in [-0.2, 0) is 0 Å². The molecule has 0 saturated heterocycles. The molecule has 4 saturated carbocycles. The lowest BCUT2D eigenvalue weighted by Crippen LogP contribution is -2.59. The van der Waals surface area contributed by atoms with Gasteiger partial charge in [-0.2, -0.15) is 0 Å². The lowest BCUT2D eigenvalue weighted by molar-refractivity contribution is -0.179. The van der Waals surface area contributed by atoms with Crippen LogP contribution < -0.4 is 0 Å². The van der Waals surface area contributed by atoms with Crippen molar-refractivity contribution in [3.63, 3.8) is 0 Å². The zero-order valence-corrected chi connectivity index (χ0v) is 19.8. The van der Waals surface area contributed by atoms with Crippen molar-refractivity contribution in [2.24, 2.45) is 46.3 Å². The highest BCUT2D eigenvalue weighted by atomic mass is 16.3. The van der Waals surface area contributed by atoms with Crippen molar-refractivity contribution in [2.75, 3.05) is 0 Å². The molecular weight excluding hydrogens is 372 g/mol. The summed E-state index contributed by atoms with van der Waals surface area (Å²) in [6.45, 7) is 9.87. The fourth-order valence-corrected chi connectivity index (χ4v) is 8.72. The van der Waals surface area contributed by atoms with E-state index in [0.29, 0.717) is 30.6 Å². The quantitative estimate of drug-likeness (QED) is 0.542. The van der Waals surface area contributed by atoms with Crippen LogP contribution in [0, 0.1) is 46.3 Å². The van der Waals surface area contributed by atoms with Gasteiger partial charge in [0.25, 0.3) is 0 Å². The summed E-state index contributed by atoms with van der Waals surface area (Å²) in [7, 11) is 0. The van der Waals surface area contributed by atoms with Gasteiger partial charge in [-0.15, -0.1) is 0 Å². The van der Waals surface area contributed by atoms with Gasteiger partial charge in [0.2, 0.25) is 0 Å². The van der Waals surface area contributed by atoms with E-state index in [9.17, 15) is 15.3 Å². The summed E-state index contributed by atoms with van der Waals surface area (Å²) in [5.41, 5.74) is -2.04. The van der Waals surface area contributed by atoms with E-state index in [0.717, 1.165) is 38.5 Å². The largest absolute Gasteiger partial charge is 0.393 e. The fraction of sp³-hybridized carbons (Fsp3) is 1.00. The molecule has 0 heterocycles. The standard InChI is InChI=1S/C27H48O3/c1-17(2)7-6-12-27(5,30)24-9-8-20-19-16-23(29)22-15-18(28)10-13-25(22,3)21(19)11-14-26(20,24)4/h17-24,28-30H,6-16H2,1-5H3/t18-,19-,20-,21-,22+,23-,24-,25+,26-,27-/m0/s1/i6D2,12D2. The maximum Gasteiger partial charge on any atom is 0.0653 e. The van der Waals surface area contributed by atoms with E-state index in [4.69, 9.17) is 5.48 Å². The minimum absolute atomic E-state index is 0.00495. The number of aliphatic hydroxyl groups is 3. The minimum Gasteiger partial charge on any atom is -0.393 e. The van der Waals surface area contributed by atoms with Crippen molar-refractivity contribution < 1.29 is 20.8 Å². The Morgan fingerprint density at radius 3 is 2.33 bits per heavy atom. The Balaban J connectivity index is 1.63. The first-order valence-electron chi connectivity index (χ1n) is 14.6. The molecule has 4 aliphatic rings. The van der Waals surface area contributed by atoms with E-state index in [1.165, 1.54) is 0 Å². The minimum atomic E-state index is -2.37. The summed E-state index contributed by atoms with van der Waals surface area (Å²) in [5, 5.41) is 33.3. The van der Waals surface area contributed by atoms with E-state index in [1.54, 1.807) is 6.92 Å². The Hall–Kier alpha value is -0.120. The molecule has 174 valence electrons. The number of hydrogen-bond acceptors (Lipinski definition) is 3. The molecule has 30 heavy (non-hydrogen) atoms. The van der Waals surface area contributed by atoms with Gasteiger partial charge in [0, 0.05) is 5.48 Å². The molecule has 0 aromatic carbocycles. The van der Waals surface area contributed by atoms with Gasteiger partial charge in [0.05, 0.1) is 17.8 Å². The Bertz CT molecular complexity index is 771. The number of hydrogen-bond donors (Lipinski definition) is 3. The van der Waals surface area contributed by atoms with Gasteiger partial charge in [0.15, 0.2) is 0 Å². The second kappa shape index (κ2) is 8.03. The van der Waals surface area contributed by atoms with Gasteiger partial charge in [-0.3, -0.25) is 0 Å². The number of fused-ring (bicyclic) bond motifs is 5. The molecular formula is C27H48O3. The Kier molecular flexibility index (Phi) is 4.90. The van der Waals surface area contributed by atoms with Crippen LogP contribution in [0.1, 0.15) is 111 Å². The summed E-state index contributed by atoms with van der Waals surface area (Å²) in [4.78, 5) is 0. The molecule has 0 spiro atoms. The molecule has 0 aromatic heterocycles. The summed E-state index contributed by atoms with van der Waals surface area (Å²) < 4.78 is 34.8. The number of aliphatic hydroxyl groups excluding tert-OH is 2. The van der Waals surface area contributed by atoms with Crippen LogP contribution >= 0.6 is 0 Å². The van der Waals surface area contributed by atoms with Crippen LogP contribution in [0.15, 0.2) is 0 Å². The zero-order valence-electron chi connectivity index (χ0n) is 23.8. The van der Waals surface area contributed by atoms with Gasteiger partial charge in [-0.05, 0) is 111 Å². The van der Waals surface area contributed by atoms with Crippen LogP contribution in [0.4, 0.5) is 0 Å². The third-order valence-electron chi connectivity index (χ3n) is 10.2. The summed E-state index contributed by atoms with van der Waals surface area (Å²) in [6, 6.07) is 0. The molecule has 0 bridgehead atoms. The topological polar surface area (TPSA) is 60.7 Å². The zero-order chi connectivity index (χ0) is 25.5. The molecule has 0 aliphatic heterocycles. The molecule has 4 aliphatic carbocycles. The van der Waals surface area contributed by atoms with Gasteiger partial charge in [-0.25, -0.2) is 0 Å². The third kappa shape index (κ3) is 3.69. The van der Waals surface area contributed by atoms with Crippen molar-refractivity contribution in [3.05, 3.63) is 0 Å². The molecule has 4 rings (SSSR count). The normalized spacial score (nSPS) is 53.4. The smallest absolute Gasteiger partial charge is 0.0653 e. The third-order valence-corrected chi connectivity index (χ3v) is 10.2. The first kappa shape index (κ1) is 18.3. The van der Waals surface area contributed by atoms with Crippen molar-refractivity contribution in [3.8, 4) is 0 Å². The second-order valence-electron chi connectivity index (χ2n) is 12.4. The highest BCUT2D eigenvalue weighted by Crippen LogP contribution is 2.68. The van der Waals surface area contributed by atoms with Crippen LogP contribution in [-0.4, -0.2) is 33.1 Å². The Labute approximate surface area is 190 Å². The van der Waals surface area contributed by atoms with Crippen molar-refractivity contribution in [2.45, 2.75) is 123 Å². The second-order valence-corrected chi connectivity index (χ2v) is 12.4. The van der Waals surface area contributed by atoms with Gasteiger partial charge >= 0.3 is 0 Å². The van der Waals surface area contributed by atoms with E-state index in [-0.39, 0.29) is 41.1 Å². The summed E-state index contributed by atoms with van der Waals surface area (Å²) in [6.07, 6.45) is 1.51. The van der Waals surface area contributed by atoms with Gasteiger partial charge < -0.3 is 15.3 Å². The molecule has 10 atom stereocenters. The molecule has 0 aromatic rings. The molecule has 3 N–H and O–H groups in total. The maximum absolute atomic E-state index is 11.8. The summed E-state index contributed by atoms with van der Waals surface area (Å²) >= 11 is 0. The molecule has 3 nitrogen and oxygen atoms in total. The van der Waals surface area contributed by atoms with Crippen LogP contribution in [0.25, 0.3) is 0 Å². The average Bonchev–Trinajstić information content (AvgIpc) is 3.06. The van der Waals surface area contributed by atoms with E-state index in [1.807, 2.05) is 13.8 Å². The lowest BCUT2D eigenvalue weighted by atomic mass is 9.43. The monoisotopic (exact) mass is 424 g/mol. The van der Waals surface area contributed by atoms with E-state index in [2.05, 4.69) is 13.8 Å². The summed E-state index contributed by atoms with van der Waals surface area (Å²) in [5.74, 6) is 0.936. The maximum atomic E-state index is 11.8. The predicted molar refractivity (Wildman–Crippen MR) is 122 cm³/mol. The first-order chi connectivity index (χ1) is 15.5. The number of rotatable bonds is 5. The Morgan fingerprint density at radius 1 is 0.967 bits per heavy atom. The SMILES string of the molecule is [2H]C([2H])(CC(C)C)C([2H])([2H])[C@](C)(O)[C@H]1CC[C@H]2[C@@H]3C[C@H](O)[C@H]4C[C@@H](O)CC[C@]4(C)[C@H]3CC[C@@]21C.